The van der Waals surface area contributed by atoms with E-state index in [0.717, 1.165) is 36.9 Å². The molecule has 1 N–H and O–H groups in total. The fraction of sp³-hybridized carbons (Fsp3) is 0.267. The van der Waals surface area contributed by atoms with Gasteiger partial charge in [-0.2, -0.15) is 5.26 Å². The van der Waals surface area contributed by atoms with Crippen LogP contribution in [0.2, 0.25) is 0 Å². The highest BCUT2D eigenvalue weighted by atomic mass is 16.4. The van der Waals surface area contributed by atoms with Crippen molar-refractivity contribution in [2.75, 3.05) is 0 Å². The van der Waals surface area contributed by atoms with Gasteiger partial charge in [0, 0.05) is 11.9 Å². The average Bonchev–Trinajstić information content (AvgIpc) is 2.94. The zero-order valence-corrected chi connectivity index (χ0v) is 10.8. The molecule has 3 rings (SSSR count). The van der Waals surface area contributed by atoms with Gasteiger partial charge < -0.3 is 5.11 Å². The van der Waals surface area contributed by atoms with Crippen molar-refractivity contribution in [1.82, 2.24) is 9.55 Å². The van der Waals surface area contributed by atoms with Gasteiger partial charge in [0.1, 0.15) is 17.3 Å². The fourth-order valence-electron chi connectivity index (χ4n) is 2.62. The predicted molar refractivity (Wildman–Crippen MR) is 71.9 cm³/mol. The van der Waals surface area contributed by atoms with Gasteiger partial charge in [-0.1, -0.05) is 0 Å². The Balaban J connectivity index is 2.23. The highest BCUT2D eigenvalue weighted by Gasteiger charge is 2.20. The molecule has 0 spiro atoms. The Morgan fingerprint density at radius 1 is 1.40 bits per heavy atom. The van der Waals surface area contributed by atoms with Gasteiger partial charge in [-0.15, -0.1) is 0 Å². The SMILES string of the molecule is N#Cc1cccn1-c1nc2c(cc1C(=O)O)CCCC2. The first-order chi connectivity index (χ1) is 9.70. The Labute approximate surface area is 116 Å². The van der Waals surface area contributed by atoms with E-state index < -0.39 is 5.97 Å². The third kappa shape index (κ3) is 1.95. The maximum Gasteiger partial charge on any atom is 0.339 e. The number of fused-ring (bicyclic) bond motifs is 1. The summed E-state index contributed by atoms with van der Waals surface area (Å²) in [6.07, 6.45) is 5.55. The van der Waals surface area contributed by atoms with Crippen molar-refractivity contribution in [2.45, 2.75) is 25.7 Å². The number of carbonyl (C=O) groups is 1. The van der Waals surface area contributed by atoms with E-state index >= 15 is 0 Å². The first-order valence-corrected chi connectivity index (χ1v) is 6.54. The number of rotatable bonds is 2. The van der Waals surface area contributed by atoms with Gasteiger partial charge in [-0.3, -0.25) is 4.57 Å². The largest absolute Gasteiger partial charge is 0.478 e. The molecule has 0 atom stereocenters. The summed E-state index contributed by atoms with van der Waals surface area (Å²) in [6.45, 7) is 0. The normalized spacial score (nSPS) is 13.6. The van der Waals surface area contributed by atoms with Gasteiger partial charge in [0.25, 0.3) is 0 Å². The number of aromatic carboxylic acids is 1. The van der Waals surface area contributed by atoms with Crippen LogP contribution < -0.4 is 0 Å². The van der Waals surface area contributed by atoms with E-state index in [4.69, 9.17) is 5.26 Å². The molecule has 0 aliphatic heterocycles. The predicted octanol–water partition coefficient (Wildman–Crippen LogP) is 2.32. The summed E-state index contributed by atoms with van der Waals surface area (Å²) in [5, 5.41) is 18.5. The molecule has 5 heteroatoms. The van der Waals surface area contributed by atoms with E-state index in [-0.39, 0.29) is 5.56 Å². The lowest BCUT2D eigenvalue weighted by Crippen LogP contribution is -2.14. The standard InChI is InChI=1S/C15H13N3O2/c16-9-11-5-3-7-18(11)14-12(15(19)20)8-10-4-1-2-6-13(10)17-14/h3,5,7-8H,1-2,4,6H2,(H,19,20). The number of aryl methyl sites for hydroxylation is 2. The van der Waals surface area contributed by atoms with Crippen LogP contribution in [0.4, 0.5) is 0 Å². The third-order valence-corrected chi connectivity index (χ3v) is 3.60. The van der Waals surface area contributed by atoms with Gasteiger partial charge >= 0.3 is 5.97 Å². The smallest absolute Gasteiger partial charge is 0.339 e. The number of carboxylic acids is 1. The second-order valence-corrected chi connectivity index (χ2v) is 4.85. The summed E-state index contributed by atoms with van der Waals surface area (Å²) < 4.78 is 1.54. The molecule has 2 heterocycles. The lowest BCUT2D eigenvalue weighted by Gasteiger charge is -2.18. The van der Waals surface area contributed by atoms with Crippen molar-refractivity contribution < 1.29 is 9.90 Å². The van der Waals surface area contributed by atoms with Crippen LogP contribution in [0.1, 0.15) is 40.2 Å². The number of hydrogen-bond acceptors (Lipinski definition) is 3. The first kappa shape index (κ1) is 12.4. The molecular formula is C15H13N3O2. The zero-order chi connectivity index (χ0) is 14.1. The molecule has 0 bridgehead atoms. The molecular weight excluding hydrogens is 254 g/mol. The van der Waals surface area contributed by atoms with Gasteiger partial charge in [0.05, 0.1) is 0 Å². The minimum absolute atomic E-state index is 0.151. The molecule has 5 nitrogen and oxygen atoms in total. The molecule has 20 heavy (non-hydrogen) atoms. The van der Waals surface area contributed by atoms with Gasteiger partial charge in [-0.05, 0) is 49.4 Å². The monoisotopic (exact) mass is 267 g/mol. The van der Waals surface area contributed by atoms with E-state index in [1.54, 1.807) is 29.0 Å². The molecule has 100 valence electrons. The van der Waals surface area contributed by atoms with E-state index in [2.05, 4.69) is 11.1 Å². The Morgan fingerprint density at radius 3 is 2.95 bits per heavy atom. The van der Waals surface area contributed by atoms with Crippen LogP contribution in [0, 0.1) is 11.3 Å². The molecule has 0 fully saturated rings. The zero-order valence-electron chi connectivity index (χ0n) is 10.8. The molecule has 0 saturated heterocycles. The Bertz CT molecular complexity index is 725. The molecule has 1 aliphatic carbocycles. The van der Waals surface area contributed by atoms with Gasteiger partial charge in [-0.25, -0.2) is 9.78 Å². The van der Waals surface area contributed by atoms with Crippen LogP contribution in [-0.2, 0) is 12.8 Å². The molecule has 2 aromatic heterocycles. The van der Waals surface area contributed by atoms with Crippen molar-refractivity contribution in [3.05, 3.63) is 46.9 Å². The highest BCUT2D eigenvalue weighted by Crippen LogP contribution is 2.25. The lowest BCUT2D eigenvalue weighted by molar-refractivity contribution is 0.0696. The maximum absolute atomic E-state index is 11.5. The minimum atomic E-state index is -1.02. The molecule has 2 aromatic rings. The molecule has 1 aliphatic rings. The molecule has 0 unspecified atom stereocenters. The summed E-state index contributed by atoms with van der Waals surface area (Å²) in [6, 6.07) is 7.12. The Morgan fingerprint density at radius 2 is 2.20 bits per heavy atom. The van der Waals surface area contributed by atoms with Crippen molar-refractivity contribution in [1.29, 1.82) is 5.26 Å². The van der Waals surface area contributed by atoms with Gasteiger partial charge in [0.15, 0.2) is 5.82 Å². The second-order valence-electron chi connectivity index (χ2n) is 4.85. The average molecular weight is 267 g/mol. The molecule has 0 radical (unpaired) electrons. The Hall–Kier alpha value is -2.61. The minimum Gasteiger partial charge on any atom is -0.478 e. The third-order valence-electron chi connectivity index (χ3n) is 3.60. The number of aromatic nitrogens is 2. The summed E-state index contributed by atoms with van der Waals surface area (Å²) in [7, 11) is 0. The van der Waals surface area contributed by atoms with E-state index in [0.29, 0.717) is 11.5 Å². The van der Waals surface area contributed by atoms with E-state index in [1.807, 2.05) is 0 Å². The molecule has 0 saturated carbocycles. The maximum atomic E-state index is 11.5. The highest BCUT2D eigenvalue weighted by molar-refractivity contribution is 5.91. The van der Waals surface area contributed by atoms with Crippen LogP contribution in [0.25, 0.3) is 5.82 Å². The quantitative estimate of drug-likeness (QED) is 0.905. The summed E-state index contributed by atoms with van der Waals surface area (Å²) in [5.74, 6) is -0.682. The molecule has 0 amide bonds. The first-order valence-electron chi connectivity index (χ1n) is 6.54. The number of nitrogens with zero attached hydrogens (tertiary/aromatic N) is 3. The van der Waals surface area contributed by atoms with Crippen LogP contribution in [0.5, 0.6) is 0 Å². The van der Waals surface area contributed by atoms with Crippen LogP contribution in [0.15, 0.2) is 24.4 Å². The lowest BCUT2D eigenvalue weighted by atomic mass is 9.94. The van der Waals surface area contributed by atoms with Crippen LogP contribution in [-0.4, -0.2) is 20.6 Å². The van der Waals surface area contributed by atoms with Crippen LogP contribution >= 0.6 is 0 Å². The summed E-state index contributed by atoms with van der Waals surface area (Å²) in [5.41, 5.74) is 2.51. The number of carboxylic acid groups (broad SMARTS) is 1. The van der Waals surface area contributed by atoms with E-state index in [1.165, 1.54) is 0 Å². The summed E-state index contributed by atoms with van der Waals surface area (Å²) in [4.78, 5) is 16.0. The van der Waals surface area contributed by atoms with Crippen molar-refractivity contribution >= 4 is 5.97 Å². The second kappa shape index (κ2) is 4.82. The van der Waals surface area contributed by atoms with Crippen molar-refractivity contribution in [2.24, 2.45) is 0 Å². The van der Waals surface area contributed by atoms with E-state index in [9.17, 15) is 9.90 Å². The summed E-state index contributed by atoms with van der Waals surface area (Å²) >= 11 is 0. The topological polar surface area (TPSA) is 78.9 Å². The van der Waals surface area contributed by atoms with Crippen LogP contribution in [0.3, 0.4) is 0 Å². The molecule has 0 aromatic carbocycles. The Kier molecular flexibility index (Phi) is 2.99. The fourth-order valence-corrected chi connectivity index (χ4v) is 2.62. The number of hydrogen-bond donors (Lipinski definition) is 1. The van der Waals surface area contributed by atoms with Gasteiger partial charge in [0.2, 0.25) is 0 Å². The van der Waals surface area contributed by atoms with Crippen molar-refractivity contribution in [3.8, 4) is 11.9 Å². The number of nitriles is 1. The van der Waals surface area contributed by atoms with Crippen molar-refractivity contribution in [3.63, 3.8) is 0 Å². The number of pyridine rings is 1.